The highest BCUT2D eigenvalue weighted by molar-refractivity contribution is 7.47. The molecule has 2 atom stereocenters. The molecule has 0 heterocycles. The molecule has 0 aromatic carbocycles. The number of hydrogen-bond acceptors (Lipinski definition) is 8. The van der Waals surface area contributed by atoms with Gasteiger partial charge in [-0.3, -0.25) is 18.6 Å². The summed E-state index contributed by atoms with van der Waals surface area (Å²) in [6.07, 6.45) is 68.4. The van der Waals surface area contributed by atoms with E-state index in [9.17, 15) is 19.0 Å². The van der Waals surface area contributed by atoms with Crippen LogP contribution in [0.2, 0.25) is 0 Å². The molecular formula is C59H108NO8P. The Balaban J connectivity index is 3.97. The quantitative estimate of drug-likeness (QED) is 0.0264. The summed E-state index contributed by atoms with van der Waals surface area (Å²) in [5.74, 6) is -0.825. The zero-order chi connectivity index (χ0) is 50.2. The zero-order valence-corrected chi connectivity index (χ0v) is 45.7. The number of allylic oxidation sites excluding steroid dienone is 10. The third kappa shape index (κ3) is 54.9. The molecule has 0 saturated carbocycles. The normalized spacial score (nSPS) is 13.5. The highest BCUT2D eigenvalue weighted by Crippen LogP contribution is 2.43. The number of carbonyl (C=O) groups is 2. The highest BCUT2D eigenvalue weighted by Gasteiger charge is 2.26. The van der Waals surface area contributed by atoms with Crippen LogP contribution in [0.3, 0.4) is 0 Å². The number of carbonyl (C=O) groups excluding carboxylic acids is 2. The predicted molar refractivity (Wildman–Crippen MR) is 293 cm³/mol. The monoisotopic (exact) mass is 990 g/mol. The minimum Gasteiger partial charge on any atom is -0.462 e. The molecule has 0 spiro atoms. The summed E-state index contributed by atoms with van der Waals surface area (Å²) in [5.41, 5.74) is 5.38. The van der Waals surface area contributed by atoms with Crippen LogP contribution in [0.15, 0.2) is 60.8 Å². The van der Waals surface area contributed by atoms with Crippen molar-refractivity contribution < 1.29 is 37.6 Å². The summed E-state index contributed by atoms with van der Waals surface area (Å²) in [6, 6.07) is 0. The molecule has 69 heavy (non-hydrogen) atoms. The van der Waals surface area contributed by atoms with Gasteiger partial charge in [0.25, 0.3) is 0 Å². The van der Waals surface area contributed by atoms with Crippen LogP contribution < -0.4 is 5.73 Å². The van der Waals surface area contributed by atoms with Crippen LogP contribution in [0.25, 0.3) is 0 Å². The van der Waals surface area contributed by atoms with Crippen LogP contribution in [-0.2, 0) is 32.7 Å². The number of nitrogens with two attached hydrogens (primary N) is 1. The largest absolute Gasteiger partial charge is 0.472 e. The Bertz CT molecular complexity index is 1310. The lowest BCUT2D eigenvalue weighted by Crippen LogP contribution is -2.29. The van der Waals surface area contributed by atoms with Crippen LogP contribution in [0.4, 0.5) is 0 Å². The van der Waals surface area contributed by atoms with Crippen LogP contribution in [0, 0.1) is 0 Å². The van der Waals surface area contributed by atoms with Crippen molar-refractivity contribution in [1.29, 1.82) is 0 Å². The van der Waals surface area contributed by atoms with E-state index in [2.05, 4.69) is 74.6 Å². The fourth-order valence-corrected chi connectivity index (χ4v) is 8.92. The first kappa shape index (κ1) is 66.7. The molecule has 0 aromatic rings. The smallest absolute Gasteiger partial charge is 0.462 e. The maximum atomic E-state index is 12.7. The molecule has 0 fully saturated rings. The van der Waals surface area contributed by atoms with Gasteiger partial charge in [-0.15, -0.1) is 0 Å². The minimum atomic E-state index is -4.39. The van der Waals surface area contributed by atoms with Gasteiger partial charge in [-0.2, -0.15) is 0 Å². The van der Waals surface area contributed by atoms with E-state index in [0.717, 1.165) is 70.6 Å². The van der Waals surface area contributed by atoms with Gasteiger partial charge in [0.05, 0.1) is 13.2 Å². The van der Waals surface area contributed by atoms with E-state index >= 15 is 0 Å². The van der Waals surface area contributed by atoms with Crippen molar-refractivity contribution in [3.63, 3.8) is 0 Å². The molecule has 0 aromatic heterocycles. The molecule has 0 radical (unpaired) electrons. The van der Waals surface area contributed by atoms with E-state index in [1.54, 1.807) is 0 Å². The van der Waals surface area contributed by atoms with E-state index in [0.29, 0.717) is 6.42 Å². The number of unbranched alkanes of at least 4 members (excludes halogenated alkanes) is 31. The first-order valence-electron chi connectivity index (χ1n) is 28.8. The predicted octanol–water partition coefficient (Wildman–Crippen LogP) is 18.0. The summed E-state index contributed by atoms with van der Waals surface area (Å²) in [5, 5.41) is 0. The summed E-state index contributed by atoms with van der Waals surface area (Å²) in [7, 11) is -4.39. The van der Waals surface area contributed by atoms with Crippen LogP contribution >= 0.6 is 7.82 Å². The summed E-state index contributed by atoms with van der Waals surface area (Å²) in [4.78, 5) is 35.2. The molecule has 0 aliphatic heterocycles. The van der Waals surface area contributed by atoms with E-state index in [-0.39, 0.29) is 38.6 Å². The van der Waals surface area contributed by atoms with Gasteiger partial charge >= 0.3 is 19.8 Å². The maximum absolute atomic E-state index is 12.7. The average molecular weight is 990 g/mol. The first-order chi connectivity index (χ1) is 33.8. The zero-order valence-electron chi connectivity index (χ0n) is 44.8. The van der Waals surface area contributed by atoms with Gasteiger partial charge in [0.1, 0.15) is 6.61 Å². The molecule has 0 rings (SSSR count). The van der Waals surface area contributed by atoms with Gasteiger partial charge in [-0.05, 0) is 77.0 Å². The Morgan fingerprint density at radius 2 is 0.797 bits per heavy atom. The lowest BCUT2D eigenvalue weighted by molar-refractivity contribution is -0.161. The standard InChI is InChI=1S/C59H108NO8P/c1-3-5-7-9-11-13-15-17-19-21-23-25-27-28-30-31-33-35-37-39-41-43-45-47-49-51-58(61)65-55-57(56-67-69(63,64)66-54-53-60)68-59(62)52-50-48-46-44-42-40-38-36-34-32-29-26-24-22-20-18-16-14-12-10-8-6-4-2/h6,8,12,14,18,20-21,23-24,26,57H,3-5,7,9-11,13,15-17,19,22,25,27-56,60H2,1-2H3,(H,63,64)/b8-6-,14-12-,20-18-,23-21-,26-24-. The second-order valence-corrected chi connectivity index (χ2v) is 20.6. The molecule has 9 nitrogen and oxygen atoms in total. The van der Waals surface area contributed by atoms with Crippen molar-refractivity contribution in [3.05, 3.63) is 60.8 Å². The second-order valence-electron chi connectivity index (χ2n) is 19.1. The van der Waals surface area contributed by atoms with Crippen molar-refractivity contribution in [3.8, 4) is 0 Å². The fourth-order valence-electron chi connectivity index (χ4n) is 8.15. The average Bonchev–Trinajstić information content (AvgIpc) is 3.34. The Morgan fingerprint density at radius 1 is 0.449 bits per heavy atom. The van der Waals surface area contributed by atoms with Crippen LogP contribution in [0.5, 0.6) is 0 Å². The summed E-state index contributed by atoms with van der Waals surface area (Å²) in [6.45, 7) is 3.66. The number of phosphoric ester groups is 1. The maximum Gasteiger partial charge on any atom is 0.472 e. The van der Waals surface area contributed by atoms with Crippen molar-refractivity contribution >= 4 is 19.8 Å². The van der Waals surface area contributed by atoms with Gasteiger partial charge in [0.2, 0.25) is 0 Å². The number of rotatable bonds is 54. The lowest BCUT2D eigenvalue weighted by Gasteiger charge is -2.19. The molecule has 0 aliphatic carbocycles. The van der Waals surface area contributed by atoms with Gasteiger partial charge in [0, 0.05) is 19.4 Å². The van der Waals surface area contributed by atoms with Gasteiger partial charge in [0.15, 0.2) is 6.10 Å². The summed E-state index contributed by atoms with van der Waals surface area (Å²) >= 11 is 0. The molecular weight excluding hydrogens is 882 g/mol. The van der Waals surface area contributed by atoms with Crippen molar-refractivity contribution in [2.24, 2.45) is 5.73 Å². The number of esters is 2. The Labute approximate surface area is 425 Å². The second kappa shape index (κ2) is 55.0. The fraction of sp³-hybridized carbons (Fsp3) is 0.797. The van der Waals surface area contributed by atoms with E-state index < -0.39 is 26.5 Å². The number of ether oxygens (including phenoxy) is 2. The van der Waals surface area contributed by atoms with Gasteiger partial charge in [-0.1, -0.05) is 242 Å². The van der Waals surface area contributed by atoms with Gasteiger partial charge < -0.3 is 20.1 Å². The molecule has 10 heteroatoms. The summed E-state index contributed by atoms with van der Waals surface area (Å²) < 4.78 is 33.0. The highest BCUT2D eigenvalue weighted by atomic mass is 31.2. The molecule has 402 valence electrons. The minimum absolute atomic E-state index is 0.0515. The SMILES string of the molecule is CC/C=C\C/C=C\C/C=C\C/C=C\CCCCCCCCCCCCC(=O)OC(COC(=O)CCCCCCCCCCCCCCC/C=C\CCCCCCCCCC)COP(=O)(O)OCCN. The van der Waals surface area contributed by atoms with Crippen LogP contribution in [-0.4, -0.2) is 49.3 Å². The topological polar surface area (TPSA) is 134 Å². The lowest BCUT2D eigenvalue weighted by atomic mass is 10.0. The molecule has 3 N–H and O–H groups in total. The molecule has 2 unspecified atom stereocenters. The third-order valence-electron chi connectivity index (χ3n) is 12.4. The Hall–Kier alpha value is -2.29. The van der Waals surface area contributed by atoms with E-state index in [1.807, 2.05) is 0 Å². The van der Waals surface area contributed by atoms with Gasteiger partial charge in [-0.25, -0.2) is 4.57 Å². The van der Waals surface area contributed by atoms with E-state index in [1.165, 1.54) is 167 Å². The molecule has 0 amide bonds. The molecule has 0 aliphatic rings. The van der Waals surface area contributed by atoms with Crippen molar-refractivity contribution in [2.45, 2.75) is 277 Å². The van der Waals surface area contributed by atoms with Crippen molar-refractivity contribution in [1.82, 2.24) is 0 Å². The number of phosphoric acid groups is 1. The Morgan fingerprint density at radius 3 is 1.20 bits per heavy atom. The molecule has 0 saturated heterocycles. The van der Waals surface area contributed by atoms with Crippen LogP contribution in [0.1, 0.15) is 271 Å². The van der Waals surface area contributed by atoms with Crippen molar-refractivity contribution in [2.75, 3.05) is 26.4 Å². The van der Waals surface area contributed by atoms with E-state index in [4.69, 9.17) is 24.3 Å². The molecule has 0 bridgehead atoms. The first-order valence-corrected chi connectivity index (χ1v) is 30.3. The number of hydrogen-bond donors (Lipinski definition) is 2. The third-order valence-corrected chi connectivity index (χ3v) is 13.4. The Kier molecular flexibility index (Phi) is 53.2.